The van der Waals surface area contributed by atoms with E-state index in [2.05, 4.69) is 25.6 Å². The molecule has 1 aromatic carbocycles. The molecule has 0 saturated carbocycles. The third-order valence-corrected chi connectivity index (χ3v) is 6.30. The van der Waals surface area contributed by atoms with Crippen molar-refractivity contribution >= 4 is 11.6 Å². The van der Waals surface area contributed by atoms with Crippen molar-refractivity contribution in [1.82, 2.24) is 34.3 Å². The van der Waals surface area contributed by atoms with E-state index in [9.17, 15) is 0 Å². The number of nitrogens with zero attached hydrogens (tertiary/aromatic N) is 7. The average molecular weight is 444 g/mol. The molecule has 0 fully saturated rings. The Morgan fingerprint density at radius 2 is 1.76 bits per heavy atom. The highest BCUT2D eigenvalue weighted by atomic mass is 16.5. The van der Waals surface area contributed by atoms with Gasteiger partial charge < -0.3 is 14.8 Å². The molecule has 0 unspecified atom stereocenters. The first-order chi connectivity index (χ1) is 15.9. The number of aryl methyl sites for hydroxylation is 4. The van der Waals surface area contributed by atoms with Crippen LogP contribution in [0.4, 0.5) is 5.95 Å². The molecule has 10 heteroatoms. The molecular weight excluding hydrogens is 420 g/mol. The first-order valence-electron chi connectivity index (χ1n) is 10.7. The largest absolute Gasteiger partial charge is 0.497 e. The molecule has 0 saturated heterocycles. The summed E-state index contributed by atoms with van der Waals surface area (Å²) >= 11 is 0. The molecule has 2 atom stereocenters. The van der Waals surface area contributed by atoms with E-state index in [4.69, 9.17) is 9.47 Å². The number of hydrogen-bond acceptors (Lipinski definition) is 7. The van der Waals surface area contributed by atoms with Crippen molar-refractivity contribution in [2.75, 3.05) is 12.4 Å². The third kappa shape index (κ3) is 2.86. The lowest BCUT2D eigenvalue weighted by molar-refractivity contribution is 0.222. The fourth-order valence-corrected chi connectivity index (χ4v) is 4.89. The summed E-state index contributed by atoms with van der Waals surface area (Å²) in [5.41, 5.74) is 6.78. The van der Waals surface area contributed by atoms with Gasteiger partial charge in [-0.3, -0.25) is 9.36 Å². The maximum atomic E-state index is 6.68. The Kier molecular flexibility index (Phi) is 4.13. The second-order valence-electron chi connectivity index (χ2n) is 8.43. The Morgan fingerprint density at radius 3 is 2.42 bits per heavy atom. The lowest BCUT2D eigenvalue weighted by atomic mass is 9.85. The number of benzene rings is 1. The zero-order valence-corrected chi connectivity index (χ0v) is 19.1. The minimum atomic E-state index is -0.371. The van der Waals surface area contributed by atoms with Crippen molar-refractivity contribution < 1.29 is 9.47 Å². The van der Waals surface area contributed by atoms with Crippen LogP contribution in [0.3, 0.4) is 0 Å². The van der Waals surface area contributed by atoms with Crippen LogP contribution in [-0.2, 0) is 14.1 Å². The average Bonchev–Trinajstić information content (AvgIpc) is 3.49. The Hall–Kier alpha value is -4.08. The molecule has 4 aromatic rings. The first kappa shape index (κ1) is 19.6. The molecule has 0 bridgehead atoms. The molecule has 33 heavy (non-hydrogen) atoms. The Morgan fingerprint density at radius 1 is 1.03 bits per heavy atom. The number of hydrogen-bond donors (Lipinski definition) is 1. The van der Waals surface area contributed by atoms with Crippen LogP contribution in [0.15, 0.2) is 42.5 Å². The molecule has 5 heterocycles. The summed E-state index contributed by atoms with van der Waals surface area (Å²) in [4.78, 5) is 4.49. The summed E-state index contributed by atoms with van der Waals surface area (Å²) in [6.07, 6.45) is 5.25. The zero-order valence-electron chi connectivity index (χ0n) is 19.1. The van der Waals surface area contributed by atoms with Crippen molar-refractivity contribution in [3.63, 3.8) is 0 Å². The smallest absolute Gasteiger partial charge is 0.226 e. The van der Waals surface area contributed by atoms with E-state index in [1.165, 1.54) is 0 Å². The maximum Gasteiger partial charge on any atom is 0.226 e. The monoisotopic (exact) mass is 444 g/mol. The van der Waals surface area contributed by atoms with Crippen molar-refractivity contribution in [3.05, 3.63) is 70.6 Å². The van der Waals surface area contributed by atoms with Crippen molar-refractivity contribution in [1.29, 1.82) is 0 Å². The molecule has 0 spiro atoms. The molecule has 1 N–H and O–H groups in total. The SMILES string of the molecule is COc1ccc2c(c1)C1=C([C@H](c3cn(C)nc3C)n3ncnc3N1)[C@@H](c1cn(C)nc1C)O2. The van der Waals surface area contributed by atoms with Gasteiger partial charge in [-0.05, 0) is 32.0 Å². The quantitative estimate of drug-likeness (QED) is 0.519. The number of ether oxygens (including phenoxy) is 2. The maximum absolute atomic E-state index is 6.68. The fourth-order valence-electron chi connectivity index (χ4n) is 4.89. The van der Waals surface area contributed by atoms with E-state index in [0.717, 1.165) is 50.8 Å². The van der Waals surface area contributed by atoms with Crippen LogP contribution >= 0.6 is 0 Å². The normalized spacial score (nSPS) is 18.8. The molecule has 168 valence electrons. The summed E-state index contributed by atoms with van der Waals surface area (Å²) in [7, 11) is 5.51. The number of anilines is 1. The van der Waals surface area contributed by atoms with Crippen LogP contribution in [0.1, 0.15) is 40.2 Å². The molecule has 0 radical (unpaired) electrons. The molecule has 2 aliphatic rings. The van der Waals surface area contributed by atoms with E-state index in [1.54, 1.807) is 13.4 Å². The summed E-state index contributed by atoms with van der Waals surface area (Å²) < 4.78 is 17.7. The molecule has 3 aromatic heterocycles. The number of fused-ring (bicyclic) bond motifs is 3. The van der Waals surface area contributed by atoms with Crippen molar-refractivity contribution in [2.24, 2.45) is 14.1 Å². The van der Waals surface area contributed by atoms with Crippen LogP contribution in [0, 0.1) is 13.8 Å². The van der Waals surface area contributed by atoms with Gasteiger partial charge in [-0.1, -0.05) is 0 Å². The van der Waals surface area contributed by atoms with Gasteiger partial charge in [-0.2, -0.15) is 20.3 Å². The van der Waals surface area contributed by atoms with Crippen molar-refractivity contribution in [3.8, 4) is 11.5 Å². The highest BCUT2D eigenvalue weighted by molar-refractivity contribution is 5.85. The van der Waals surface area contributed by atoms with Crippen molar-refractivity contribution in [2.45, 2.75) is 26.0 Å². The van der Waals surface area contributed by atoms with E-state index < -0.39 is 0 Å². The molecule has 6 rings (SSSR count). The van der Waals surface area contributed by atoms with E-state index >= 15 is 0 Å². The number of methoxy groups -OCH3 is 1. The third-order valence-electron chi connectivity index (χ3n) is 6.30. The van der Waals surface area contributed by atoms with E-state index in [0.29, 0.717) is 5.95 Å². The van der Waals surface area contributed by atoms with E-state index in [1.807, 2.05) is 72.6 Å². The second-order valence-corrected chi connectivity index (χ2v) is 8.43. The minimum Gasteiger partial charge on any atom is -0.497 e. The predicted molar refractivity (Wildman–Crippen MR) is 121 cm³/mol. The Labute approximate surface area is 190 Å². The standard InChI is InChI=1S/C23H24N8O2/c1-12-16(9-29(3)27-12)21-19-20(26-23-24-11-25-31(21)23)15-8-14(32-5)6-7-18(15)33-22(19)17-10-30(4)28-13(17)2/h6-11,21-22H,1-5H3,(H,24,25,26)/t21-,22+/m0/s1. The van der Waals surface area contributed by atoms with Gasteiger partial charge in [0.2, 0.25) is 5.95 Å². The summed E-state index contributed by atoms with van der Waals surface area (Å²) in [5.74, 6) is 2.19. The first-order valence-corrected chi connectivity index (χ1v) is 10.7. The molecule has 2 aliphatic heterocycles. The van der Waals surface area contributed by atoms with Gasteiger partial charge >= 0.3 is 0 Å². The highest BCUT2D eigenvalue weighted by Gasteiger charge is 2.43. The van der Waals surface area contributed by atoms with Crippen LogP contribution in [0.25, 0.3) is 5.70 Å². The zero-order chi connectivity index (χ0) is 22.9. The summed E-state index contributed by atoms with van der Waals surface area (Å²) in [6, 6.07) is 5.59. The van der Waals surface area contributed by atoms with Gasteiger partial charge in [0, 0.05) is 48.8 Å². The van der Waals surface area contributed by atoms with Gasteiger partial charge in [0.15, 0.2) is 6.10 Å². The second kappa shape index (κ2) is 6.96. The lowest BCUT2D eigenvalue weighted by Gasteiger charge is -2.38. The number of nitrogens with one attached hydrogen (secondary N) is 1. The number of aromatic nitrogens is 7. The van der Waals surface area contributed by atoms with Gasteiger partial charge in [0.1, 0.15) is 23.9 Å². The summed E-state index contributed by atoms with van der Waals surface area (Å²) in [5, 5.41) is 17.3. The molecular formula is C23H24N8O2. The topological polar surface area (TPSA) is 96.8 Å². The van der Waals surface area contributed by atoms with Gasteiger partial charge in [0.05, 0.1) is 24.2 Å². The fraction of sp³-hybridized carbons (Fsp3) is 0.304. The van der Waals surface area contributed by atoms with Crippen LogP contribution in [0.5, 0.6) is 11.5 Å². The minimum absolute atomic E-state index is 0.253. The van der Waals surface area contributed by atoms with Gasteiger partial charge in [0.25, 0.3) is 0 Å². The van der Waals surface area contributed by atoms with Gasteiger partial charge in [-0.15, -0.1) is 0 Å². The molecule has 0 aliphatic carbocycles. The van der Waals surface area contributed by atoms with Crippen LogP contribution in [0.2, 0.25) is 0 Å². The Bertz CT molecular complexity index is 1430. The molecule has 10 nitrogen and oxygen atoms in total. The summed E-state index contributed by atoms with van der Waals surface area (Å²) in [6.45, 7) is 4.02. The lowest BCUT2D eigenvalue weighted by Crippen LogP contribution is -2.32. The highest BCUT2D eigenvalue weighted by Crippen LogP contribution is 2.51. The Balaban J connectivity index is 1.66. The van der Waals surface area contributed by atoms with Crippen LogP contribution < -0.4 is 14.8 Å². The van der Waals surface area contributed by atoms with Gasteiger partial charge in [-0.25, -0.2) is 4.68 Å². The van der Waals surface area contributed by atoms with Crippen LogP contribution in [-0.4, -0.2) is 41.4 Å². The molecule has 0 amide bonds. The van der Waals surface area contributed by atoms with E-state index in [-0.39, 0.29) is 12.1 Å². The predicted octanol–water partition coefficient (Wildman–Crippen LogP) is 2.93. The number of rotatable bonds is 3.